The first-order valence-corrected chi connectivity index (χ1v) is 10.1. The van der Waals surface area contributed by atoms with Crippen LogP contribution in [0.4, 0.5) is 22.0 Å². The fraction of sp³-hybridized carbons (Fsp3) is 0.120. The smallest absolute Gasteiger partial charge is 0.323 e. The molecule has 0 atom stereocenters. The standard InChI is InChI=1S/C25H24N4O3/c1-31-21-11-8-19(9-12-21)27-25(30)28-20-10-13-22-17(15-20)7-14-24(29-22)26-16-18-5-3-4-6-23(18)32-2/h3-15H,16H2,1-2H3,(H,26,29)(H2,27,28,30). The molecule has 4 aromatic rings. The molecule has 1 heterocycles. The number of anilines is 3. The highest BCUT2D eigenvalue weighted by atomic mass is 16.5. The lowest BCUT2D eigenvalue weighted by atomic mass is 10.2. The molecule has 0 fully saturated rings. The van der Waals surface area contributed by atoms with Gasteiger partial charge in [0.15, 0.2) is 0 Å². The van der Waals surface area contributed by atoms with E-state index in [1.54, 1.807) is 38.5 Å². The Morgan fingerprint density at radius 3 is 2.38 bits per heavy atom. The number of methoxy groups -OCH3 is 2. The van der Waals surface area contributed by atoms with E-state index in [0.29, 0.717) is 17.9 Å². The lowest BCUT2D eigenvalue weighted by molar-refractivity contribution is 0.262. The molecule has 3 N–H and O–H groups in total. The number of carbonyl (C=O) groups is 1. The summed E-state index contributed by atoms with van der Waals surface area (Å²) in [5.74, 6) is 2.33. The van der Waals surface area contributed by atoms with Crippen molar-refractivity contribution in [2.24, 2.45) is 0 Å². The van der Waals surface area contributed by atoms with E-state index < -0.39 is 0 Å². The van der Waals surface area contributed by atoms with Crippen molar-refractivity contribution in [1.29, 1.82) is 0 Å². The summed E-state index contributed by atoms with van der Waals surface area (Å²) in [4.78, 5) is 17.0. The number of carbonyl (C=O) groups excluding carboxylic acids is 1. The average molecular weight is 428 g/mol. The van der Waals surface area contributed by atoms with Crippen LogP contribution in [0.3, 0.4) is 0 Å². The van der Waals surface area contributed by atoms with Gasteiger partial charge in [0.2, 0.25) is 0 Å². The van der Waals surface area contributed by atoms with Gasteiger partial charge in [-0.3, -0.25) is 0 Å². The lowest BCUT2D eigenvalue weighted by Gasteiger charge is -2.11. The molecule has 0 aliphatic carbocycles. The van der Waals surface area contributed by atoms with Crippen molar-refractivity contribution in [2.75, 3.05) is 30.2 Å². The Hall–Kier alpha value is -4.26. The summed E-state index contributed by atoms with van der Waals surface area (Å²) >= 11 is 0. The number of hydrogen-bond donors (Lipinski definition) is 3. The summed E-state index contributed by atoms with van der Waals surface area (Å²) < 4.78 is 10.5. The van der Waals surface area contributed by atoms with Crippen LogP contribution in [-0.4, -0.2) is 25.2 Å². The maximum atomic E-state index is 12.3. The first-order valence-electron chi connectivity index (χ1n) is 10.1. The fourth-order valence-electron chi connectivity index (χ4n) is 3.30. The molecule has 0 aliphatic rings. The predicted molar refractivity (Wildman–Crippen MR) is 128 cm³/mol. The molecule has 4 rings (SSSR count). The largest absolute Gasteiger partial charge is 0.497 e. The molecule has 7 heteroatoms. The van der Waals surface area contributed by atoms with Gasteiger partial charge in [-0.15, -0.1) is 0 Å². The highest BCUT2D eigenvalue weighted by Crippen LogP contribution is 2.22. The van der Waals surface area contributed by atoms with E-state index in [9.17, 15) is 4.79 Å². The Morgan fingerprint density at radius 1 is 0.844 bits per heavy atom. The molecular weight excluding hydrogens is 404 g/mol. The van der Waals surface area contributed by atoms with Gasteiger partial charge >= 0.3 is 6.03 Å². The van der Waals surface area contributed by atoms with E-state index in [4.69, 9.17) is 9.47 Å². The normalized spacial score (nSPS) is 10.4. The van der Waals surface area contributed by atoms with Crippen LogP contribution in [0, 0.1) is 0 Å². The number of para-hydroxylation sites is 1. The van der Waals surface area contributed by atoms with Crippen LogP contribution in [0.5, 0.6) is 11.5 Å². The van der Waals surface area contributed by atoms with Crippen molar-refractivity contribution in [3.8, 4) is 11.5 Å². The molecule has 0 saturated carbocycles. The van der Waals surface area contributed by atoms with Gasteiger partial charge in [0.25, 0.3) is 0 Å². The number of fused-ring (bicyclic) bond motifs is 1. The Labute approximate surface area is 186 Å². The van der Waals surface area contributed by atoms with E-state index in [1.807, 2.05) is 54.6 Å². The van der Waals surface area contributed by atoms with Crippen LogP contribution in [0.2, 0.25) is 0 Å². The van der Waals surface area contributed by atoms with Crippen LogP contribution < -0.4 is 25.4 Å². The van der Waals surface area contributed by atoms with Crippen molar-refractivity contribution in [3.63, 3.8) is 0 Å². The number of nitrogens with zero attached hydrogens (tertiary/aromatic N) is 1. The fourth-order valence-corrected chi connectivity index (χ4v) is 3.30. The maximum absolute atomic E-state index is 12.3. The molecule has 32 heavy (non-hydrogen) atoms. The summed E-state index contributed by atoms with van der Waals surface area (Å²) in [7, 11) is 3.26. The first kappa shape index (κ1) is 21.0. The van der Waals surface area contributed by atoms with E-state index in [-0.39, 0.29) is 6.03 Å². The zero-order valence-electron chi connectivity index (χ0n) is 17.9. The molecule has 2 amide bonds. The zero-order chi connectivity index (χ0) is 22.3. The molecular formula is C25H24N4O3. The second kappa shape index (κ2) is 9.70. The molecule has 0 bridgehead atoms. The number of rotatable bonds is 7. The minimum atomic E-state index is -0.322. The molecule has 0 radical (unpaired) electrons. The summed E-state index contributed by atoms with van der Waals surface area (Å²) in [5, 5.41) is 9.90. The Bertz CT molecular complexity index is 1230. The Balaban J connectivity index is 1.40. The van der Waals surface area contributed by atoms with Gasteiger partial charge in [0.05, 0.1) is 19.7 Å². The van der Waals surface area contributed by atoms with Crippen molar-refractivity contribution in [1.82, 2.24) is 4.98 Å². The maximum Gasteiger partial charge on any atom is 0.323 e. The third-order valence-electron chi connectivity index (χ3n) is 4.95. The molecule has 0 aliphatic heterocycles. The van der Waals surface area contributed by atoms with Crippen LogP contribution in [0.1, 0.15) is 5.56 Å². The minimum absolute atomic E-state index is 0.322. The number of ether oxygens (including phenoxy) is 2. The predicted octanol–water partition coefficient (Wildman–Crippen LogP) is 5.51. The number of hydrogen-bond acceptors (Lipinski definition) is 5. The first-order chi connectivity index (χ1) is 15.6. The van der Waals surface area contributed by atoms with Crippen molar-refractivity contribution in [2.45, 2.75) is 6.54 Å². The monoisotopic (exact) mass is 428 g/mol. The van der Waals surface area contributed by atoms with Crippen LogP contribution in [0.25, 0.3) is 10.9 Å². The quantitative estimate of drug-likeness (QED) is 0.362. The third kappa shape index (κ3) is 5.07. The van der Waals surface area contributed by atoms with E-state index in [1.165, 1.54) is 0 Å². The van der Waals surface area contributed by atoms with E-state index in [2.05, 4.69) is 20.9 Å². The number of nitrogens with one attached hydrogen (secondary N) is 3. The summed E-state index contributed by atoms with van der Waals surface area (Å²) in [6.07, 6.45) is 0. The Kier molecular flexibility index (Phi) is 6.36. The number of benzene rings is 3. The summed E-state index contributed by atoms with van der Waals surface area (Å²) in [5.41, 5.74) is 3.24. The number of aromatic nitrogens is 1. The third-order valence-corrected chi connectivity index (χ3v) is 4.95. The second-order valence-corrected chi connectivity index (χ2v) is 7.08. The molecule has 0 unspecified atom stereocenters. The lowest BCUT2D eigenvalue weighted by Crippen LogP contribution is -2.19. The molecule has 0 spiro atoms. The van der Waals surface area contributed by atoms with Crippen LogP contribution in [-0.2, 0) is 6.54 Å². The van der Waals surface area contributed by atoms with Gasteiger partial charge in [-0.1, -0.05) is 18.2 Å². The molecule has 3 aromatic carbocycles. The average Bonchev–Trinajstić information content (AvgIpc) is 2.83. The van der Waals surface area contributed by atoms with Crippen LogP contribution in [0.15, 0.2) is 78.9 Å². The summed E-state index contributed by atoms with van der Waals surface area (Å²) in [6, 6.07) is 24.2. The highest BCUT2D eigenvalue weighted by molar-refractivity contribution is 6.01. The van der Waals surface area contributed by atoms with Gasteiger partial charge in [-0.2, -0.15) is 0 Å². The molecule has 7 nitrogen and oxygen atoms in total. The Morgan fingerprint density at radius 2 is 1.59 bits per heavy atom. The molecule has 0 saturated heterocycles. The van der Waals surface area contributed by atoms with E-state index in [0.717, 1.165) is 33.8 Å². The topological polar surface area (TPSA) is 84.5 Å². The van der Waals surface area contributed by atoms with Gasteiger partial charge < -0.3 is 25.4 Å². The molecule has 1 aromatic heterocycles. The number of amides is 2. The second-order valence-electron chi connectivity index (χ2n) is 7.08. The van der Waals surface area contributed by atoms with Crippen molar-refractivity contribution in [3.05, 3.63) is 84.4 Å². The highest BCUT2D eigenvalue weighted by Gasteiger charge is 2.06. The number of pyridine rings is 1. The van der Waals surface area contributed by atoms with Gasteiger partial charge in [0.1, 0.15) is 17.3 Å². The van der Waals surface area contributed by atoms with Gasteiger partial charge in [-0.25, -0.2) is 9.78 Å². The SMILES string of the molecule is COc1ccc(NC(=O)Nc2ccc3nc(NCc4ccccc4OC)ccc3c2)cc1. The van der Waals surface area contributed by atoms with Crippen molar-refractivity contribution < 1.29 is 14.3 Å². The van der Waals surface area contributed by atoms with Gasteiger partial charge in [-0.05, 0) is 60.7 Å². The minimum Gasteiger partial charge on any atom is -0.497 e. The van der Waals surface area contributed by atoms with Crippen molar-refractivity contribution >= 4 is 34.1 Å². The van der Waals surface area contributed by atoms with Gasteiger partial charge in [0, 0.05) is 28.9 Å². The number of urea groups is 1. The molecule has 162 valence electrons. The van der Waals surface area contributed by atoms with E-state index >= 15 is 0 Å². The summed E-state index contributed by atoms with van der Waals surface area (Å²) in [6.45, 7) is 0.605. The zero-order valence-corrected chi connectivity index (χ0v) is 17.9. The van der Waals surface area contributed by atoms with Crippen LogP contribution >= 0.6 is 0 Å².